The highest BCUT2D eigenvalue weighted by atomic mass is 79.9. The highest BCUT2D eigenvalue weighted by molar-refractivity contribution is 9.11. The van der Waals surface area contributed by atoms with Crippen LogP contribution in [0.15, 0.2) is 32.8 Å². The lowest BCUT2D eigenvalue weighted by Gasteiger charge is -2.09. The number of fused-ring (bicyclic) bond motifs is 1. The first kappa shape index (κ1) is 16.9. The number of hydrogen-bond donors (Lipinski definition) is 1. The Kier molecular flexibility index (Phi) is 4.62. The lowest BCUT2D eigenvalue weighted by atomic mass is 10.2. The summed E-state index contributed by atoms with van der Waals surface area (Å²) in [5.41, 5.74) is 6.05. The molecule has 9 heteroatoms. The van der Waals surface area contributed by atoms with E-state index in [4.69, 9.17) is 22.1 Å². The molecule has 0 saturated heterocycles. The number of carbonyl (C=O) groups is 1. The van der Waals surface area contributed by atoms with E-state index >= 15 is 0 Å². The van der Waals surface area contributed by atoms with Crippen molar-refractivity contribution in [3.63, 3.8) is 0 Å². The van der Waals surface area contributed by atoms with E-state index in [0.29, 0.717) is 24.9 Å². The van der Waals surface area contributed by atoms with Crippen molar-refractivity contribution in [2.75, 3.05) is 12.3 Å². The third-order valence-electron chi connectivity index (χ3n) is 3.28. The Labute approximate surface area is 153 Å². The zero-order chi connectivity index (χ0) is 17.4. The predicted molar refractivity (Wildman–Crippen MR) is 98.3 cm³/mol. The molecule has 0 fully saturated rings. The minimum absolute atomic E-state index is 0.0289. The Balaban J connectivity index is 2.37. The van der Waals surface area contributed by atoms with Gasteiger partial charge in [0.25, 0.3) is 5.56 Å². The molecule has 124 valence electrons. The lowest BCUT2D eigenvalue weighted by Crippen LogP contribution is -2.25. The van der Waals surface area contributed by atoms with E-state index in [-0.39, 0.29) is 17.7 Å². The second kappa shape index (κ2) is 6.54. The second-order valence-electron chi connectivity index (χ2n) is 4.75. The van der Waals surface area contributed by atoms with Gasteiger partial charge in [-0.05, 0) is 47.1 Å². The standard InChI is InChI=1S/C15H11BrClN3O3S/c1-2-23-15(22)11-9-10(13(18)24-12(9)16)14(21)20(19-11)8-5-3-7(17)4-6-8/h3-6H,2,18H2,1H3. The van der Waals surface area contributed by atoms with Crippen LogP contribution < -0.4 is 11.3 Å². The molecule has 1 aromatic carbocycles. The Morgan fingerprint density at radius 2 is 2.04 bits per heavy atom. The molecule has 0 aliphatic heterocycles. The van der Waals surface area contributed by atoms with Crippen LogP contribution in [0.4, 0.5) is 5.00 Å². The number of esters is 1. The van der Waals surface area contributed by atoms with Gasteiger partial charge in [0.15, 0.2) is 5.69 Å². The maximum atomic E-state index is 12.8. The third kappa shape index (κ3) is 2.81. The van der Waals surface area contributed by atoms with E-state index in [1.807, 2.05) is 0 Å². The van der Waals surface area contributed by atoms with E-state index < -0.39 is 11.5 Å². The van der Waals surface area contributed by atoms with Gasteiger partial charge >= 0.3 is 5.97 Å². The van der Waals surface area contributed by atoms with E-state index in [1.165, 1.54) is 0 Å². The molecule has 0 atom stereocenters. The molecule has 2 heterocycles. The van der Waals surface area contributed by atoms with Gasteiger partial charge in [-0.1, -0.05) is 11.6 Å². The van der Waals surface area contributed by atoms with Crippen molar-refractivity contribution in [2.24, 2.45) is 0 Å². The summed E-state index contributed by atoms with van der Waals surface area (Å²) >= 11 is 10.4. The fraction of sp³-hybridized carbons (Fsp3) is 0.133. The molecule has 0 bridgehead atoms. The number of halogens is 2. The summed E-state index contributed by atoms with van der Waals surface area (Å²) in [5, 5.41) is 5.63. The quantitative estimate of drug-likeness (QED) is 0.644. The molecule has 2 N–H and O–H groups in total. The minimum Gasteiger partial charge on any atom is -0.461 e. The molecule has 0 unspecified atom stereocenters. The Hall–Kier alpha value is -1.90. The molecule has 0 spiro atoms. The van der Waals surface area contributed by atoms with Gasteiger partial charge in [-0.15, -0.1) is 11.3 Å². The predicted octanol–water partition coefficient (Wildman–Crippen LogP) is 3.62. The highest BCUT2D eigenvalue weighted by Crippen LogP contribution is 2.37. The van der Waals surface area contributed by atoms with Crippen LogP contribution in [0.1, 0.15) is 17.4 Å². The third-order valence-corrected chi connectivity index (χ3v) is 5.22. The monoisotopic (exact) mass is 427 g/mol. The number of hydrogen-bond acceptors (Lipinski definition) is 6. The Morgan fingerprint density at radius 1 is 1.38 bits per heavy atom. The number of thiophene rings is 1. The number of nitrogens with two attached hydrogens (primary N) is 1. The molecular weight excluding hydrogens is 418 g/mol. The summed E-state index contributed by atoms with van der Waals surface area (Å²) in [5.74, 6) is -0.622. The molecule has 0 amide bonds. The molecule has 6 nitrogen and oxygen atoms in total. The zero-order valence-electron chi connectivity index (χ0n) is 12.4. The zero-order valence-corrected chi connectivity index (χ0v) is 15.5. The topological polar surface area (TPSA) is 87.2 Å². The first-order valence-corrected chi connectivity index (χ1v) is 8.86. The Bertz CT molecular complexity index is 998. The maximum Gasteiger partial charge on any atom is 0.359 e. The van der Waals surface area contributed by atoms with Crippen molar-refractivity contribution in [1.82, 2.24) is 9.78 Å². The van der Waals surface area contributed by atoms with Crippen molar-refractivity contribution >= 4 is 60.6 Å². The van der Waals surface area contributed by atoms with E-state index in [9.17, 15) is 9.59 Å². The summed E-state index contributed by atoms with van der Waals surface area (Å²) in [4.78, 5) is 25.1. The molecule has 3 rings (SSSR count). The van der Waals surface area contributed by atoms with Crippen molar-refractivity contribution in [3.05, 3.63) is 49.1 Å². The number of benzene rings is 1. The van der Waals surface area contributed by atoms with Gasteiger partial charge in [0.1, 0.15) is 5.00 Å². The highest BCUT2D eigenvalue weighted by Gasteiger charge is 2.24. The maximum absolute atomic E-state index is 12.8. The molecule has 2 aromatic heterocycles. The largest absolute Gasteiger partial charge is 0.461 e. The molecule has 3 aromatic rings. The molecule has 0 aliphatic carbocycles. The Morgan fingerprint density at radius 3 is 2.67 bits per heavy atom. The van der Waals surface area contributed by atoms with Crippen molar-refractivity contribution in [1.29, 1.82) is 0 Å². The van der Waals surface area contributed by atoms with E-state index in [1.54, 1.807) is 31.2 Å². The van der Waals surface area contributed by atoms with Crippen LogP contribution in [0.5, 0.6) is 0 Å². The molecule has 0 aliphatic rings. The van der Waals surface area contributed by atoms with Crippen LogP contribution in [0.2, 0.25) is 5.02 Å². The molecule has 0 radical (unpaired) electrons. The number of ether oxygens (including phenoxy) is 1. The van der Waals surface area contributed by atoms with Crippen LogP contribution in [-0.4, -0.2) is 22.4 Å². The lowest BCUT2D eigenvalue weighted by molar-refractivity contribution is 0.0520. The van der Waals surface area contributed by atoms with Crippen LogP contribution in [0.25, 0.3) is 16.5 Å². The van der Waals surface area contributed by atoms with Crippen LogP contribution in [0.3, 0.4) is 0 Å². The molecule has 24 heavy (non-hydrogen) atoms. The molecular formula is C15H11BrClN3O3S. The van der Waals surface area contributed by atoms with Gasteiger partial charge in [0.2, 0.25) is 0 Å². The number of rotatable bonds is 3. The number of anilines is 1. The number of nitrogens with zero attached hydrogens (tertiary/aromatic N) is 2. The first-order chi connectivity index (χ1) is 11.4. The molecule has 0 saturated carbocycles. The summed E-state index contributed by atoms with van der Waals surface area (Å²) in [6.45, 7) is 1.89. The fourth-order valence-electron chi connectivity index (χ4n) is 2.24. The van der Waals surface area contributed by atoms with Crippen molar-refractivity contribution in [2.45, 2.75) is 6.92 Å². The SMILES string of the molecule is CCOC(=O)c1nn(-c2ccc(Cl)cc2)c(=O)c2c(N)sc(Br)c12. The average Bonchev–Trinajstić information content (AvgIpc) is 2.84. The normalized spacial score (nSPS) is 11.0. The number of aromatic nitrogens is 2. The fourth-order valence-corrected chi connectivity index (χ4v) is 4.07. The second-order valence-corrected chi connectivity index (χ2v) is 7.56. The van der Waals surface area contributed by atoms with E-state index in [0.717, 1.165) is 16.0 Å². The van der Waals surface area contributed by atoms with Crippen LogP contribution >= 0.6 is 38.9 Å². The average molecular weight is 429 g/mol. The van der Waals surface area contributed by atoms with E-state index in [2.05, 4.69) is 21.0 Å². The summed E-state index contributed by atoms with van der Waals surface area (Å²) in [6, 6.07) is 6.53. The van der Waals surface area contributed by atoms with Crippen LogP contribution in [-0.2, 0) is 4.74 Å². The van der Waals surface area contributed by atoms with Crippen molar-refractivity contribution < 1.29 is 9.53 Å². The first-order valence-electron chi connectivity index (χ1n) is 6.88. The minimum atomic E-state index is -0.622. The van der Waals surface area contributed by atoms with Gasteiger partial charge in [-0.25, -0.2) is 4.79 Å². The van der Waals surface area contributed by atoms with Gasteiger partial charge < -0.3 is 10.5 Å². The number of nitrogen functional groups attached to an aromatic ring is 1. The number of carbonyl (C=O) groups excluding carboxylic acids is 1. The smallest absolute Gasteiger partial charge is 0.359 e. The van der Waals surface area contributed by atoms with Gasteiger partial charge in [-0.2, -0.15) is 9.78 Å². The van der Waals surface area contributed by atoms with Crippen molar-refractivity contribution in [3.8, 4) is 5.69 Å². The van der Waals surface area contributed by atoms with Gasteiger partial charge in [0.05, 0.1) is 21.5 Å². The van der Waals surface area contributed by atoms with Gasteiger partial charge in [-0.3, -0.25) is 4.79 Å². The summed E-state index contributed by atoms with van der Waals surface area (Å²) in [6.07, 6.45) is 0. The van der Waals surface area contributed by atoms with Gasteiger partial charge in [0, 0.05) is 10.4 Å². The summed E-state index contributed by atoms with van der Waals surface area (Å²) < 4.78 is 6.74. The van der Waals surface area contributed by atoms with Crippen LogP contribution in [0, 0.1) is 0 Å². The summed E-state index contributed by atoms with van der Waals surface area (Å²) in [7, 11) is 0.